The molecule has 6 nitrogen and oxygen atoms in total. The van der Waals surface area contributed by atoms with Crippen LogP contribution in [-0.2, 0) is 15.3 Å². The Balaban J connectivity index is 0.00000280. The normalized spacial score (nSPS) is 18.2. The van der Waals surface area contributed by atoms with Gasteiger partial charge in [-0.1, -0.05) is 30.3 Å². The molecule has 2 aromatic carbocycles. The monoisotopic (exact) mass is 420 g/mol. The molecule has 0 radical (unpaired) electrons. The molecule has 0 saturated carbocycles. The van der Waals surface area contributed by atoms with Crippen molar-refractivity contribution in [2.24, 2.45) is 5.73 Å². The van der Waals surface area contributed by atoms with Crippen molar-refractivity contribution in [2.75, 3.05) is 18.4 Å². The molecule has 1 unspecified atom stereocenters. The number of anilines is 1. The van der Waals surface area contributed by atoms with Crippen LogP contribution in [0.5, 0.6) is 0 Å². The Hall–Kier alpha value is -2.06. The number of nitrogens with two attached hydrogens (primary N) is 1. The largest absolute Gasteiger partial charge is 0.351 e. The van der Waals surface area contributed by atoms with Crippen LogP contribution in [0.15, 0.2) is 59.5 Å². The van der Waals surface area contributed by atoms with E-state index in [0.29, 0.717) is 13.0 Å². The van der Waals surface area contributed by atoms with Crippen LogP contribution >= 0.6 is 24.2 Å². The highest BCUT2D eigenvalue weighted by molar-refractivity contribution is 7.98. The predicted molar refractivity (Wildman–Crippen MR) is 116 cm³/mol. The lowest BCUT2D eigenvalue weighted by Crippen LogP contribution is -2.39. The average Bonchev–Trinajstić information content (AvgIpc) is 3.17. The minimum Gasteiger partial charge on any atom is -0.351 e. The molecule has 0 aromatic heterocycles. The Kier molecular flexibility index (Phi) is 8.79. The second-order valence-corrected chi connectivity index (χ2v) is 7.50. The van der Waals surface area contributed by atoms with E-state index in [2.05, 4.69) is 28.1 Å². The van der Waals surface area contributed by atoms with Crippen molar-refractivity contribution < 1.29 is 9.59 Å². The van der Waals surface area contributed by atoms with E-state index in [9.17, 15) is 9.59 Å². The van der Waals surface area contributed by atoms with Gasteiger partial charge in [0.15, 0.2) is 0 Å². The van der Waals surface area contributed by atoms with Gasteiger partial charge >= 0.3 is 0 Å². The molecule has 150 valence electrons. The topological polar surface area (TPSA) is 96.2 Å². The maximum Gasteiger partial charge on any atom is 0.241 e. The van der Waals surface area contributed by atoms with Crippen LogP contribution in [0.1, 0.15) is 12.0 Å². The maximum absolute atomic E-state index is 12.4. The quantitative estimate of drug-likeness (QED) is 0.515. The summed E-state index contributed by atoms with van der Waals surface area (Å²) in [5.41, 5.74) is 7.27. The van der Waals surface area contributed by atoms with Crippen molar-refractivity contribution in [1.82, 2.24) is 10.6 Å². The summed E-state index contributed by atoms with van der Waals surface area (Å²) < 4.78 is 0. The lowest BCUT2D eigenvalue weighted by molar-refractivity contribution is -0.121. The van der Waals surface area contributed by atoms with Gasteiger partial charge in [-0.2, -0.15) is 0 Å². The van der Waals surface area contributed by atoms with Crippen molar-refractivity contribution in [3.8, 4) is 0 Å². The fourth-order valence-electron chi connectivity index (χ4n) is 2.93. The highest BCUT2D eigenvalue weighted by Crippen LogP contribution is 2.23. The third-order valence-corrected chi connectivity index (χ3v) is 5.45. The van der Waals surface area contributed by atoms with E-state index < -0.39 is 0 Å². The van der Waals surface area contributed by atoms with Gasteiger partial charge in [0.05, 0.1) is 12.6 Å². The third kappa shape index (κ3) is 6.53. The summed E-state index contributed by atoms with van der Waals surface area (Å²) in [5, 5.41) is 8.87. The Labute approximate surface area is 175 Å². The van der Waals surface area contributed by atoms with E-state index in [-0.39, 0.29) is 42.8 Å². The molecule has 2 amide bonds. The van der Waals surface area contributed by atoms with Gasteiger partial charge in [0.2, 0.25) is 11.8 Å². The molecule has 8 heteroatoms. The molecule has 1 saturated heterocycles. The number of nitrogens with one attached hydrogen (secondary N) is 3. The van der Waals surface area contributed by atoms with Gasteiger partial charge in [0.1, 0.15) is 0 Å². The van der Waals surface area contributed by atoms with E-state index in [0.717, 1.165) is 11.4 Å². The van der Waals surface area contributed by atoms with Gasteiger partial charge in [-0.05, 0) is 36.2 Å². The zero-order valence-electron chi connectivity index (χ0n) is 15.4. The number of thioether (sulfide) groups is 1. The zero-order chi connectivity index (χ0) is 19.1. The first kappa shape index (κ1) is 22.2. The standard InChI is InChI=1S/C20H24N4O2S.ClH/c21-11-19(25)23-16-10-18(22-12-16)20(26)24-15-8-6-14(7-9-15)13-27-17-4-2-1-3-5-17;/h1-9,16,18,22H,10-13,21H2,(H,23,25)(H,24,26);1H/t16?,18-;/m0./s1. The number of carbonyl (C=O) groups is 2. The van der Waals surface area contributed by atoms with E-state index in [1.165, 1.54) is 10.5 Å². The molecular weight excluding hydrogens is 396 g/mol. The summed E-state index contributed by atoms with van der Waals surface area (Å²) in [6.45, 7) is 0.530. The van der Waals surface area contributed by atoms with E-state index >= 15 is 0 Å². The van der Waals surface area contributed by atoms with Gasteiger partial charge in [0.25, 0.3) is 0 Å². The minimum absolute atomic E-state index is 0. The van der Waals surface area contributed by atoms with Crippen LogP contribution in [0.3, 0.4) is 0 Å². The average molecular weight is 421 g/mol. The SMILES string of the molecule is Cl.NCC(=O)NC1CN[C@H](C(=O)Nc2ccc(CSc3ccccc3)cc2)C1. The molecule has 28 heavy (non-hydrogen) atoms. The highest BCUT2D eigenvalue weighted by Gasteiger charge is 2.30. The van der Waals surface area contributed by atoms with Crippen molar-refractivity contribution in [2.45, 2.75) is 29.2 Å². The van der Waals surface area contributed by atoms with Crippen LogP contribution < -0.4 is 21.7 Å². The Bertz CT molecular complexity index is 774. The Morgan fingerprint density at radius 2 is 1.82 bits per heavy atom. The van der Waals surface area contributed by atoms with Crippen LogP contribution in [0.4, 0.5) is 5.69 Å². The summed E-state index contributed by atoms with van der Waals surface area (Å²) in [4.78, 5) is 25.0. The smallest absolute Gasteiger partial charge is 0.241 e. The van der Waals surface area contributed by atoms with Gasteiger partial charge in [-0.25, -0.2) is 0 Å². The zero-order valence-corrected chi connectivity index (χ0v) is 17.0. The van der Waals surface area contributed by atoms with Crippen molar-refractivity contribution in [1.29, 1.82) is 0 Å². The van der Waals surface area contributed by atoms with E-state index in [1.807, 2.05) is 42.5 Å². The first-order valence-electron chi connectivity index (χ1n) is 8.94. The van der Waals surface area contributed by atoms with Gasteiger partial charge in [0, 0.05) is 28.9 Å². The van der Waals surface area contributed by atoms with Crippen molar-refractivity contribution >= 4 is 41.7 Å². The van der Waals surface area contributed by atoms with Crippen molar-refractivity contribution in [3.05, 3.63) is 60.2 Å². The van der Waals surface area contributed by atoms with Gasteiger partial charge in [-0.3, -0.25) is 9.59 Å². The molecular formula is C20H25ClN4O2S. The van der Waals surface area contributed by atoms with E-state index in [1.54, 1.807) is 11.8 Å². The maximum atomic E-state index is 12.4. The molecule has 0 bridgehead atoms. The molecule has 0 aliphatic carbocycles. The fourth-order valence-corrected chi connectivity index (χ4v) is 3.80. The fraction of sp³-hybridized carbons (Fsp3) is 0.300. The predicted octanol–water partition coefficient (Wildman–Crippen LogP) is 2.14. The number of carbonyl (C=O) groups excluding carboxylic acids is 2. The summed E-state index contributed by atoms with van der Waals surface area (Å²) in [6, 6.07) is 17.8. The molecule has 2 atom stereocenters. The first-order valence-corrected chi connectivity index (χ1v) is 9.93. The van der Waals surface area contributed by atoms with Crippen LogP contribution in [0.25, 0.3) is 0 Å². The lowest BCUT2D eigenvalue weighted by Gasteiger charge is -2.13. The molecule has 1 aliphatic heterocycles. The summed E-state index contributed by atoms with van der Waals surface area (Å²) in [7, 11) is 0. The van der Waals surface area contributed by atoms with Gasteiger partial charge in [-0.15, -0.1) is 24.2 Å². The molecule has 1 aliphatic rings. The second-order valence-electron chi connectivity index (χ2n) is 6.45. The Morgan fingerprint density at radius 1 is 1.11 bits per heavy atom. The number of hydrogen-bond donors (Lipinski definition) is 4. The van der Waals surface area contributed by atoms with Crippen LogP contribution in [0, 0.1) is 0 Å². The molecule has 5 N–H and O–H groups in total. The highest BCUT2D eigenvalue weighted by atomic mass is 35.5. The summed E-state index contributed by atoms with van der Waals surface area (Å²) >= 11 is 1.78. The molecule has 3 rings (SSSR count). The summed E-state index contributed by atoms with van der Waals surface area (Å²) in [6.07, 6.45) is 0.559. The molecule has 0 spiro atoms. The number of benzene rings is 2. The van der Waals surface area contributed by atoms with Crippen molar-refractivity contribution in [3.63, 3.8) is 0 Å². The number of halogens is 1. The first-order chi connectivity index (χ1) is 13.1. The van der Waals surface area contributed by atoms with E-state index in [4.69, 9.17) is 5.73 Å². The third-order valence-electron chi connectivity index (χ3n) is 4.37. The van der Waals surface area contributed by atoms with Crippen LogP contribution in [-0.4, -0.2) is 37.0 Å². The molecule has 1 fully saturated rings. The number of amides is 2. The molecule has 2 aromatic rings. The minimum atomic E-state index is -0.318. The molecule has 1 heterocycles. The Morgan fingerprint density at radius 3 is 2.50 bits per heavy atom. The van der Waals surface area contributed by atoms with Gasteiger partial charge < -0.3 is 21.7 Å². The lowest BCUT2D eigenvalue weighted by atomic mass is 10.1. The summed E-state index contributed by atoms with van der Waals surface area (Å²) in [5.74, 6) is 0.586. The van der Waals surface area contributed by atoms with Crippen LogP contribution in [0.2, 0.25) is 0 Å². The second kappa shape index (κ2) is 11.1. The number of rotatable bonds is 7. The number of hydrogen-bond acceptors (Lipinski definition) is 5.